The third kappa shape index (κ3) is 17.0. The van der Waals surface area contributed by atoms with Gasteiger partial charge in [-0.1, -0.05) is 0 Å². The molecule has 0 aromatic heterocycles. The van der Waals surface area contributed by atoms with Gasteiger partial charge < -0.3 is 44.6 Å². The highest BCUT2D eigenvalue weighted by atomic mass is 16.6. The van der Waals surface area contributed by atoms with Crippen LogP contribution in [0.5, 0.6) is 5.75 Å². The molecular formula is C20H32N2O9. The molecule has 0 aliphatic carbocycles. The van der Waals surface area contributed by atoms with Crippen LogP contribution in [0.25, 0.3) is 0 Å². The van der Waals surface area contributed by atoms with Crippen molar-refractivity contribution in [3.05, 3.63) is 24.3 Å². The number of rotatable bonds is 20. The molecule has 31 heavy (non-hydrogen) atoms. The highest BCUT2D eigenvalue weighted by molar-refractivity contribution is 5.77. The van der Waals surface area contributed by atoms with Crippen LogP contribution in [0, 0.1) is 0 Å². The topological polar surface area (TPSA) is 148 Å². The lowest BCUT2D eigenvalue weighted by molar-refractivity contribution is -0.143. The minimum absolute atomic E-state index is 0.294. The number of carbonyl (C=O) groups is 2. The van der Waals surface area contributed by atoms with Crippen molar-refractivity contribution < 1.29 is 43.1 Å². The Morgan fingerprint density at radius 1 is 0.742 bits per heavy atom. The lowest BCUT2D eigenvalue weighted by Gasteiger charge is -2.09. The van der Waals surface area contributed by atoms with E-state index in [2.05, 4.69) is 10.1 Å². The molecule has 0 heterocycles. The molecule has 1 aromatic rings. The zero-order chi connectivity index (χ0) is 22.6. The van der Waals surface area contributed by atoms with E-state index < -0.39 is 18.5 Å². The number of nitrogens with one attached hydrogen (secondary N) is 1. The molecule has 0 unspecified atom stereocenters. The Labute approximate surface area is 181 Å². The Morgan fingerprint density at radius 3 is 1.81 bits per heavy atom. The van der Waals surface area contributed by atoms with Crippen LogP contribution in [0.4, 0.5) is 5.69 Å². The number of carboxylic acids is 1. The van der Waals surface area contributed by atoms with Crippen molar-refractivity contribution in [2.24, 2.45) is 0 Å². The van der Waals surface area contributed by atoms with Crippen molar-refractivity contribution in [3.8, 4) is 5.75 Å². The Balaban J connectivity index is 1.74. The van der Waals surface area contributed by atoms with E-state index in [0.29, 0.717) is 71.7 Å². The van der Waals surface area contributed by atoms with E-state index in [1.807, 2.05) is 12.1 Å². The van der Waals surface area contributed by atoms with E-state index in [-0.39, 0.29) is 6.61 Å². The molecule has 1 aromatic carbocycles. The molecule has 0 saturated heterocycles. The number of anilines is 1. The molecule has 0 spiro atoms. The van der Waals surface area contributed by atoms with Crippen LogP contribution in [0.2, 0.25) is 0 Å². The molecule has 11 nitrogen and oxygen atoms in total. The highest BCUT2D eigenvalue weighted by Gasteiger charge is 2.03. The summed E-state index contributed by atoms with van der Waals surface area (Å²) >= 11 is 0. The van der Waals surface area contributed by atoms with Crippen LogP contribution in [-0.4, -0.2) is 96.2 Å². The Hall–Kier alpha value is -2.44. The van der Waals surface area contributed by atoms with Gasteiger partial charge in [0.1, 0.15) is 25.6 Å². The number of carbonyl (C=O) groups excluding carboxylic acids is 1. The first-order valence-electron chi connectivity index (χ1n) is 9.93. The number of hydrogen-bond donors (Lipinski definition) is 3. The van der Waals surface area contributed by atoms with Gasteiger partial charge in [-0.25, -0.2) is 4.79 Å². The van der Waals surface area contributed by atoms with Gasteiger partial charge in [-0.2, -0.15) is 0 Å². The van der Waals surface area contributed by atoms with Gasteiger partial charge in [-0.3, -0.25) is 4.79 Å². The van der Waals surface area contributed by atoms with Gasteiger partial charge in [0.25, 0.3) is 0 Å². The Morgan fingerprint density at radius 2 is 1.26 bits per heavy atom. The normalized spacial score (nSPS) is 10.7. The maximum atomic E-state index is 11.3. The average Bonchev–Trinajstić information content (AvgIpc) is 2.74. The summed E-state index contributed by atoms with van der Waals surface area (Å²) in [5, 5.41) is 10.9. The average molecular weight is 444 g/mol. The van der Waals surface area contributed by atoms with E-state index in [1.165, 1.54) is 0 Å². The smallest absolute Gasteiger partial charge is 0.329 e. The second-order valence-corrected chi connectivity index (χ2v) is 6.10. The van der Waals surface area contributed by atoms with E-state index in [4.69, 9.17) is 34.5 Å². The summed E-state index contributed by atoms with van der Waals surface area (Å²) in [6.45, 7) is 3.41. The maximum absolute atomic E-state index is 11.3. The third-order valence-electron chi connectivity index (χ3n) is 3.52. The van der Waals surface area contributed by atoms with Gasteiger partial charge >= 0.3 is 5.97 Å². The molecule has 0 bridgehead atoms. The van der Waals surface area contributed by atoms with Crippen LogP contribution >= 0.6 is 0 Å². The molecule has 0 aliphatic rings. The van der Waals surface area contributed by atoms with Gasteiger partial charge in [0.05, 0.1) is 52.9 Å². The van der Waals surface area contributed by atoms with Crippen molar-refractivity contribution in [1.82, 2.24) is 5.32 Å². The summed E-state index contributed by atoms with van der Waals surface area (Å²) < 4.78 is 31.6. The fourth-order valence-electron chi connectivity index (χ4n) is 2.09. The Kier molecular flexibility index (Phi) is 15.7. The number of benzene rings is 1. The van der Waals surface area contributed by atoms with Crippen LogP contribution in [0.15, 0.2) is 24.3 Å². The summed E-state index contributed by atoms with van der Waals surface area (Å²) in [5.41, 5.74) is 6.30. The maximum Gasteiger partial charge on any atom is 0.329 e. The lowest BCUT2D eigenvalue weighted by Crippen LogP contribution is -2.31. The molecule has 0 atom stereocenters. The second kappa shape index (κ2) is 18.3. The van der Waals surface area contributed by atoms with Crippen molar-refractivity contribution in [1.29, 1.82) is 0 Å². The molecule has 0 aliphatic heterocycles. The van der Waals surface area contributed by atoms with Crippen molar-refractivity contribution >= 4 is 17.6 Å². The number of carboxylic acid groups (broad SMARTS) is 1. The van der Waals surface area contributed by atoms with Crippen LogP contribution in [0.1, 0.15) is 0 Å². The standard InChI is InChI=1S/C20H32N2O9/c21-17-1-3-18(4-2-17)31-14-13-29-12-11-28-10-9-27-8-7-26-6-5-22-19(23)15-30-16-20(24)25/h1-4H,5-16,21H2,(H,22,23)(H,24,25). The van der Waals surface area contributed by atoms with E-state index in [9.17, 15) is 9.59 Å². The number of aliphatic carboxylic acids is 1. The molecule has 0 fully saturated rings. The first kappa shape index (κ1) is 26.6. The molecule has 1 amide bonds. The number of nitrogen functional groups attached to an aromatic ring is 1. The second-order valence-electron chi connectivity index (χ2n) is 6.10. The number of hydrogen-bond acceptors (Lipinski definition) is 9. The SMILES string of the molecule is Nc1ccc(OCCOCCOCCOCCOCCNC(=O)COCC(=O)O)cc1. The van der Waals surface area contributed by atoms with Crippen molar-refractivity contribution in [3.63, 3.8) is 0 Å². The molecule has 0 saturated carbocycles. The zero-order valence-corrected chi connectivity index (χ0v) is 17.6. The zero-order valence-electron chi connectivity index (χ0n) is 17.6. The van der Waals surface area contributed by atoms with E-state index in [0.717, 1.165) is 5.75 Å². The summed E-state index contributed by atoms with van der Waals surface area (Å²) in [5.74, 6) is -0.759. The first-order valence-corrected chi connectivity index (χ1v) is 9.93. The molecule has 4 N–H and O–H groups in total. The lowest BCUT2D eigenvalue weighted by atomic mass is 10.3. The summed E-state index contributed by atoms with van der Waals surface area (Å²) in [6, 6.07) is 7.18. The third-order valence-corrected chi connectivity index (χ3v) is 3.52. The van der Waals surface area contributed by atoms with Gasteiger partial charge in [-0.05, 0) is 24.3 Å². The number of amides is 1. The van der Waals surface area contributed by atoms with E-state index >= 15 is 0 Å². The van der Waals surface area contributed by atoms with Crippen LogP contribution in [0.3, 0.4) is 0 Å². The fourth-order valence-corrected chi connectivity index (χ4v) is 2.09. The van der Waals surface area contributed by atoms with Crippen molar-refractivity contribution in [2.75, 3.05) is 85.0 Å². The number of nitrogens with two attached hydrogens (primary N) is 1. The fraction of sp³-hybridized carbons (Fsp3) is 0.600. The van der Waals surface area contributed by atoms with Crippen molar-refractivity contribution in [2.45, 2.75) is 0 Å². The monoisotopic (exact) mass is 444 g/mol. The van der Waals surface area contributed by atoms with E-state index in [1.54, 1.807) is 12.1 Å². The van der Waals surface area contributed by atoms with Crippen LogP contribution < -0.4 is 15.8 Å². The van der Waals surface area contributed by atoms with Gasteiger partial charge in [0.15, 0.2) is 0 Å². The molecular weight excluding hydrogens is 412 g/mol. The van der Waals surface area contributed by atoms with Gasteiger partial charge in [0.2, 0.25) is 5.91 Å². The van der Waals surface area contributed by atoms with Gasteiger partial charge in [-0.15, -0.1) is 0 Å². The first-order chi connectivity index (χ1) is 15.1. The number of ether oxygens (including phenoxy) is 6. The quantitative estimate of drug-likeness (QED) is 0.184. The predicted octanol–water partition coefficient (Wildman–Crippen LogP) is -0.0686. The minimum atomic E-state index is -1.12. The van der Waals surface area contributed by atoms with Gasteiger partial charge in [0, 0.05) is 12.2 Å². The molecule has 0 radical (unpaired) electrons. The summed E-state index contributed by atoms with van der Waals surface area (Å²) in [4.78, 5) is 21.5. The predicted molar refractivity (Wildman–Crippen MR) is 111 cm³/mol. The largest absolute Gasteiger partial charge is 0.491 e. The van der Waals surface area contributed by atoms with Crippen LogP contribution in [-0.2, 0) is 33.3 Å². The minimum Gasteiger partial charge on any atom is -0.491 e. The summed E-state index contributed by atoms with van der Waals surface area (Å²) in [6.07, 6.45) is 0. The Bertz CT molecular complexity index is 599. The molecule has 176 valence electrons. The highest BCUT2D eigenvalue weighted by Crippen LogP contribution is 2.12. The molecule has 11 heteroatoms. The summed E-state index contributed by atoms with van der Waals surface area (Å²) in [7, 11) is 0. The molecule has 1 rings (SSSR count).